The van der Waals surface area contributed by atoms with Crippen LogP contribution in [0.2, 0.25) is 0 Å². The minimum absolute atomic E-state index is 0.367. The maximum Gasteiger partial charge on any atom is 0.488 e. The van der Waals surface area contributed by atoms with Crippen molar-refractivity contribution in [3.05, 3.63) is 12.5 Å². The third kappa shape index (κ3) is 7.22. The average Bonchev–Trinajstić information content (AvgIpc) is 1.78. The van der Waals surface area contributed by atoms with Gasteiger partial charge in [-0.05, 0) is 6.92 Å². The zero-order valence-electron chi connectivity index (χ0n) is 5.28. The fraction of sp³-hybridized carbons (Fsp3) is 0.500. The van der Waals surface area contributed by atoms with Gasteiger partial charge < -0.3 is 8.92 Å². The molecule has 4 nitrogen and oxygen atoms in total. The lowest BCUT2D eigenvalue weighted by atomic mass is 10.9. The minimum atomic E-state index is -4.87. The largest absolute Gasteiger partial charge is 0.498 e. The lowest BCUT2D eigenvalue weighted by molar-refractivity contribution is 0.257. The fourth-order valence-electron chi connectivity index (χ4n) is 0.225. The van der Waals surface area contributed by atoms with Gasteiger partial charge in [-0.25, -0.2) is 0 Å². The summed E-state index contributed by atoms with van der Waals surface area (Å²) >= 11 is 0. The normalized spacial score (nSPS) is 11.8. The molecule has 0 radical (unpaired) electrons. The number of ether oxygens (including phenoxy) is 1. The van der Waals surface area contributed by atoms with E-state index < -0.39 is 10.5 Å². The molecule has 0 bridgehead atoms. The van der Waals surface area contributed by atoms with E-state index in [0.717, 1.165) is 6.26 Å². The zero-order valence-corrected chi connectivity index (χ0v) is 6.10. The summed E-state index contributed by atoms with van der Waals surface area (Å²) in [4.78, 5) is 0. The molecule has 0 aromatic heterocycles. The molecule has 0 aromatic carbocycles. The lowest BCUT2D eigenvalue weighted by Crippen LogP contribution is -1.90. The van der Waals surface area contributed by atoms with Gasteiger partial charge in [0.05, 0.1) is 6.61 Å². The molecular weight excluding hydrogens is 163 g/mol. The Morgan fingerprint density at radius 3 is 2.50 bits per heavy atom. The average molecular weight is 170 g/mol. The molecule has 0 aliphatic carbocycles. The standard InChI is InChI=1S/C4H7FO4S/c1-2-8-3-4-9-10(5,6)7/h3-4H,2H2,1H3. The van der Waals surface area contributed by atoms with E-state index in [-0.39, 0.29) is 0 Å². The summed E-state index contributed by atoms with van der Waals surface area (Å²) in [5.74, 6) is 0. The molecule has 0 saturated heterocycles. The quantitative estimate of drug-likeness (QED) is 0.461. The van der Waals surface area contributed by atoms with Crippen molar-refractivity contribution >= 4 is 10.5 Å². The van der Waals surface area contributed by atoms with E-state index in [1.54, 1.807) is 6.92 Å². The van der Waals surface area contributed by atoms with Crippen molar-refractivity contribution < 1.29 is 21.2 Å². The van der Waals surface area contributed by atoms with Crippen molar-refractivity contribution in [2.24, 2.45) is 0 Å². The summed E-state index contributed by atoms with van der Waals surface area (Å²) in [6.45, 7) is 2.06. The summed E-state index contributed by atoms with van der Waals surface area (Å²) in [6, 6.07) is 0. The maximum absolute atomic E-state index is 11.5. The molecule has 0 unspecified atom stereocenters. The predicted molar refractivity (Wildman–Crippen MR) is 31.9 cm³/mol. The number of hydrogen-bond donors (Lipinski definition) is 0. The Morgan fingerprint density at radius 1 is 1.50 bits per heavy atom. The molecule has 6 heteroatoms. The molecule has 0 saturated carbocycles. The van der Waals surface area contributed by atoms with Gasteiger partial charge in [0.15, 0.2) is 0 Å². The van der Waals surface area contributed by atoms with E-state index in [2.05, 4.69) is 8.92 Å². The molecule has 0 atom stereocenters. The topological polar surface area (TPSA) is 52.6 Å². The highest BCUT2D eigenvalue weighted by Crippen LogP contribution is 1.93. The summed E-state index contributed by atoms with van der Waals surface area (Å²) in [7, 11) is -4.87. The van der Waals surface area contributed by atoms with Crippen molar-refractivity contribution in [2.45, 2.75) is 6.92 Å². The van der Waals surface area contributed by atoms with Gasteiger partial charge in [0.25, 0.3) is 0 Å². The Morgan fingerprint density at radius 2 is 2.10 bits per heavy atom. The van der Waals surface area contributed by atoms with Gasteiger partial charge in [-0.15, -0.1) is 0 Å². The van der Waals surface area contributed by atoms with Crippen LogP contribution in [0.4, 0.5) is 3.89 Å². The first-order chi connectivity index (χ1) is 4.56. The molecule has 0 N–H and O–H groups in total. The van der Waals surface area contributed by atoms with Crippen molar-refractivity contribution in [3.63, 3.8) is 0 Å². The molecule has 0 aliphatic rings. The van der Waals surface area contributed by atoms with Crippen molar-refractivity contribution in [2.75, 3.05) is 6.61 Å². The maximum atomic E-state index is 11.5. The monoisotopic (exact) mass is 170 g/mol. The van der Waals surface area contributed by atoms with Crippen molar-refractivity contribution in [3.8, 4) is 0 Å². The Hall–Kier alpha value is -0.780. The smallest absolute Gasteiger partial charge is 0.488 e. The van der Waals surface area contributed by atoms with Gasteiger partial charge in [-0.2, -0.15) is 8.42 Å². The molecule has 0 aromatic rings. The SMILES string of the molecule is CCOC=COS(=O)(=O)F. The molecule has 0 rings (SSSR count). The van der Waals surface area contributed by atoms with Crippen LogP contribution in [0.5, 0.6) is 0 Å². The first kappa shape index (κ1) is 9.22. The van der Waals surface area contributed by atoms with Crippen LogP contribution in [0.15, 0.2) is 12.5 Å². The molecule has 0 aliphatic heterocycles. The zero-order chi connectivity index (χ0) is 8.04. The van der Waals surface area contributed by atoms with Crippen molar-refractivity contribution in [1.82, 2.24) is 0 Å². The summed E-state index contributed by atoms with van der Waals surface area (Å²) in [5.41, 5.74) is 0. The molecule has 0 heterocycles. The van der Waals surface area contributed by atoms with E-state index in [0.29, 0.717) is 12.9 Å². The van der Waals surface area contributed by atoms with Crippen LogP contribution in [0, 0.1) is 0 Å². The minimum Gasteiger partial charge on any atom is -0.498 e. The molecule has 0 fully saturated rings. The third-order valence-electron chi connectivity index (χ3n) is 0.489. The van der Waals surface area contributed by atoms with E-state index >= 15 is 0 Å². The summed E-state index contributed by atoms with van der Waals surface area (Å²) in [5, 5.41) is 0. The molecule has 10 heavy (non-hydrogen) atoms. The van der Waals surface area contributed by atoms with E-state index in [9.17, 15) is 12.3 Å². The first-order valence-corrected chi connectivity index (χ1v) is 3.76. The highest BCUT2D eigenvalue weighted by molar-refractivity contribution is 7.81. The van der Waals surface area contributed by atoms with Crippen LogP contribution in [0.1, 0.15) is 6.92 Å². The highest BCUT2D eigenvalue weighted by Gasteiger charge is 2.02. The second-order valence-electron chi connectivity index (χ2n) is 1.22. The predicted octanol–water partition coefficient (Wildman–Crippen LogP) is 0.725. The Kier molecular flexibility index (Phi) is 3.78. The first-order valence-electron chi connectivity index (χ1n) is 2.45. The third-order valence-corrected chi connectivity index (χ3v) is 0.830. The number of hydrogen-bond acceptors (Lipinski definition) is 4. The summed E-state index contributed by atoms with van der Waals surface area (Å²) < 4.78 is 38.7. The Bertz CT molecular complexity index is 195. The van der Waals surface area contributed by atoms with Gasteiger partial charge >= 0.3 is 10.5 Å². The van der Waals surface area contributed by atoms with Gasteiger partial charge in [-0.1, -0.05) is 3.89 Å². The molecule has 0 spiro atoms. The van der Waals surface area contributed by atoms with E-state index in [4.69, 9.17) is 0 Å². The van der Waals surface area contributed by atoms with Gasteiger partial charge in [0.1, 0.15) is 12.5 Å². The van der Waals surface area contributed by atoms with Crippen LogP contribution < -0.4 is 0 Å². The Balaban J connectivity index is 3.55. The lowest BCUT2D eigenvalue weighted by Gasteiger charge is -1.91. The van der Waals surface area contributed by atoms with Crippen LogP contribution in [0.3, 0.4) is 0 Å². The van der Waals surface area contributed by atoms with Crippen LogP contribution >= 0.6 is 0 Å². The molecule has 60 valence electrons. The number of rotatable bonds is 4. The van der Waals surface area contributed by atoms with E-state index in [1.807, 2.05) is 0 Å². The Labute approximate surface area is 58.7 Å². The van der Waals surface area contributed by atoms with Crippen molar-refractivity contribution in [1.29, 1.82) is 0 Å². The fourth-order valence-corrected chi connectivity index (χ4v) is 0.403. The van der Waals surface area contributed by atoms with Gasteiger partial charge in [0, 0.05) is 0 Å². The van der Waals surface area contributed by atoms with Crippen LogP contribution in [-0.4, -0.2) is 15.0 Å². The van der Waals surface area contributed by atoms with Crippen LogP contribution in [-0.2, 0) is 19.4 Å². The van der Waals surface area contributed by atoms with Gasteiger partial charge in [-0.3, -0.25) is 0 Å². The number of halogens is 1. The van der Waals surface area contributed by atoms with Crippen LogP contribution in [0.25, 0.3) is 0 Å². The molecule has 0 amide bonds. The van der Waals surface area contributed by atoms with E-state index in [1.165, 1.54) is 0 Å². The molecular formula is C4H7FO4S. The summed E-state index contributed by atoms with van der Waals surface area (Å²) in [6.07, 6.45) is 1.55. The second kappa shape index (κ2) is 4.10. The van der Waals surface area contributed by atoms with Gasteiger partial charge in [0.2, 0.25) is 0 Å². The highest BCUT2D eigenvalue weighted by atomic mass is 32.3. The second-order valence-corrected chi connectivity index (χ2v) is 2.20.